The number of carboxylic acid groups (broad SMARTS) is 1. The van der Waals surface area contributed by atoms with Crippen molar-refractivity contribution >= 4 is 29.3 Å². The van der Waals surface area contributed by atoms with Crippen LogP contribution in [0.5, 0.6) is 0 Å². The van der Waals surface area contributed by atoms with E-state index in [4.69, 9.17) is 5.11 Å². The molecule has 1 fully saturated rings. The Morgan fingerprint density at radius 3 is 2.20 bits per heavy atom. The molecule has 160 valence electrons. The van der Waals surface area contributed by atoms with Crippen LogP contribution in [0.4, 0.5) is 23.2 Å². The molecule has 0 saturated heterocycles. The Kier molecular flexibility index (Phi) is 7.02. The SMILES string of the molecule is O=C(O)C[C@H]1CC[C@@H](Sc2cc(C(=O)Nc3cc(F)c(F)c(F)c3)ccc2F)CC1. The zero-order chi connectivity index (χ0) is 21.8. The molecule has 2 aromatic rings. The van der Waals surface area contributed by atoms with E-state index in [2.05, 4.69) is 5.32 Å². The number of aliphatic carboxylic acids is 1. The Bertz CT molecular complexity index is 938. The van der Waals surface area contributed by atoms with E-state index in [1.807, 2.05) is 0 Å². The van der Waals surface area contributed by atoms with Crippen LogP contribution < -0.4 is 5.32 Å². The van der Waals surface area contributed by atoms with E-state index >= 15 is 0 Å². The lowest BCUT2D eigenvalue weighted by Crippen LogP contribution is -2.19. The highest BCUT2D eigenvalue weighted by molar-refractivity contribution is 8.00. The van der Waals surface area contributed by atoms with E-state index in [0.29, 0.717) is 12.1 Å². The fraction of sp³-hybridized carbons (Fsp3) is 0.333. The Morgan fingerprint density at radius 1 is 0.967 bits per heavy atom. The first-order valence-electron chi connectivity index (χ1n) is 9.37. The van der Waals surface area contributed by atoms with Crippen LogP contribution in [0.1, 0.15) is 42.5 Å². The molecule has 2 N–H and O–H groups in total. The van der Waals surface area contributed by atoms with Crippen molar-refractivity contribution in [3.05, 3.63) is 59.2 Å². The Hall–Kier alpha value is -2.55. The fourth-order valence-corrected chi connectivity index (χ4v) is 4.69. The quantitative estimate of drug-likeness (QED) is 0.451. The molecule has 1 aliphatic rings. The third-order valence-corrected chi connectivity index (χ3v) is 6.36. The van der Waals surface area contributed by atoms with Crippen LogP contribution in [0.3, 0.4) is 0 Å². The highest BCUT2D eigenvalue weighted by Crippen LogP contribution is 2.38. The minimum absolute atomic E-state index is 0.0867. The molecule has 0 atom stereocenters. The van der Waals surface area contributed by atoms with Gasteiger partial charge in [-0.3, -0.25) is 9.59 Å². The summed E-state index contributed by atoms with van der Waals surface area (Å²) in [4.78, 5) is 23.5. The van der Waals surface area contributed by atoms with Gasteiger partial charge in [0.1, 0.15) is 5.82 Å². The van der Waals surface area contributed by atoms with E-state index in [1.54, 1.807) is 0 Å². The predicted molar refractivity (Wildman–Crippen MR) is 105 cm³/mol. The highest BCUT2D eigenvalue weighted by atomic mass is 32.2. The Balaban J connectivity index is 1.66. The van der Waals surface area contributed by atoms with Crippen LogP contribution in [0.2, 0.25) is 0 Å². The van der Waals surface area contributed by atoms with Crippen LogP contribution >= 0.6 is 11.8 Å². The first kappa shape index (κ1) is 22.1. The topological polar surface area (TPSA) is 66.4 Å². The lowest BCUT2D eigenvalue weighted by molar-refractivity contribution is -0.138. The smallest absolute Gasteiger partial charge is 0.303 e. The molecular formula is C21H19F4NO3S. The normalized spacial score (nSPS) is 18.8. The van der Waals surface area contributed by atoms with Gasteiger partial charge in [-0.2, -0.15) is 0 Å². The summed E-state index contributed by atoms with van der Waals surface area (Å²) in [7, 11) is 0. The Morgan fingerprint density at radius 2 is 1.60 bits per heavy atom. The largest absolute Gasteiger partial charge is 0.481 e. The number of carboxylic acids is 1. The van der Waals surface area contributed by atoms with Gasteiger partial charge >= 0.3 is 5.97 Å². The van der Waals surface area contributed by atoms with Crippen molar-refractivity contribution in [2.45, 2.75) is 42.2 Å². The summed E-state index contributed by atoms with van der Waals surface area (Å²) in [6, 6.07) is 5.05. The maximum atomic E-state index is 14.2. The van der Waals surface area contributed by atoms with Gasteiger partial charge < -0.3 is 10.4 Å². The monoisotopic (exact) mass is 441 g/mol. The summed E-state index contributed by atoms with van der Waals surface area (Å²) in [6.45, 7) is 0. The second kappa shape index (κ2) is 9.51. The van der Waals surface area contributed by atoms with Crippen molar-refractivity contribution in [1.29, 1.82) is 0 Å². The van der Waals surface area contributed by atoms with Gasteiger partial charge in [0.05, 0.1) is 0 Å². The minimum Gasteiger partial charge on any atom is -0.481 e. The molecule has 0 aromatic heterocycles. The van der Waals surface area contributed by atoms with Gasteiger partial charge in [-0.05, 0) is 49.8 Å². The average molecular weight is 441 g/mol. The van der Waals surface area contributed by atoms with Crippen molar-refractivity contribution in [1.82, 2.24) is 0 Å². The molecule has 1 saturated carbocycles. The molecule has 4 nitrogen and oxygen atoms in total. The first-order chi connectivity index (χ1) is 14.2. The number of nitrogens with one attached hydrogen (secondary N) is 1. The summed E-state index contributed by atoms with van der Waals surface area (Å²) >= 11 is 1.28. The standard InChI is InChI=1S/C21H19F4NO3S/c22-15-6-3-12(21(29)26-13-9-16(23)20(25)17(24)10-13)8-18(15)30-14-4-1-11(2-5-14)7-19(27)28/h3,6,8-11,14H,1-2,4-5,7H2,(H,26,29)(H,27,28)/t11-,14+. The second-order valence-electron chi connectivity index (χ2n) is 7.21. The molecule has 0 radical (unpaired) electrons. The van der Waals surface area contributed by atoms with Crippen LogP contribution in [-0.2, 0) is 4.79 Å². The number of rotatable bonds is 6. The van der Waals surface area contributed by atoms with Gasteiger partial charge in [-0.15, -0.1) is 11.8 Å². The molecule has 0 aliphatic heterocycles. The molecule has 2 aromatic carbocycles. The van der Waals surface area contributed by atoms with Crippen LogP contribution in [0.25, 0.3) is 0 Å². The summed E-state index contributed by atoms with van der Waals surface area (Å²) in [5, 5.41) is 11.3. The number of thioether (sulfide) groups is 1. The van der Waals surface area contributed by atoms with Gasteiger partial charge in [0, 0.05) is 39.9 Å². The number of hydrogen-bond donors (Lipinski definition) is 2. The maximum absolute atomic E-state index is 14.2. The molecule has 0 bridgehead atoms. The molecule has 1 amide bonds. The predicted octanol–water partition coefficient (Wildman–Crippen LogP) is 5.62. The van der Waals surface area contributed by atoms with E-state index < -0.39 is 35.1 Å². The second-order valence-corrected chi connectivity index (χ2v) is 8.55. The van der Waals surface area contributed by atoms with Crippen molar-refractivity contribution in [3.63, 3.8) is 0 Å². The molecular weight excluding hydrogens is 422 g/mol. The van der Waals surface area contributed by atoms with Crippen LogP contribution in [-0.4, -0.2) is 22.2 Å². The lowest BCUT2D eigenvalue weighted by atomic mass is 9.87. The number of hydrogen-bond acceptors (Lipinski definition) is 3. The van der Waals surface area contributed by atoms with Crippen LogP contribution in [0, 0.1) is 29.2 Å². The fourth-order valence-electron chi connectivity index (χ4n) is 3.45. The maximum Gasteiger partial charge on any atom is 0.303 e. The summed E-state index contributed by atoms with van der Waals surface area (Å²) in [6.07, 6.45) is 3.10. The zero-order valence-electron chi connectivity index (χ0n) is 15.8. The number of benzene rings is 2. The molecule has 9 heteroatoms. The number of amides is 1. The van der Waals surface area contributed by atoms with E-state index in [-0.39, 0.29) is 33.7 Å². The van der Waals surface area contributed by atoms with Crippen molar-refractivity contribution < 1.29 is 32.3 Å². The minimum atomic E-state index is -1.63. The molecule has 1 aliphatic carbocycles. The number of halogens is 4. The van der Waals surface area contributed by atoms with Gasteiger partial charge in [0.15, 0.2) is 17.5 Å². The number of anilines is 1. The third kappa shape index (κ3) is 5.53. The van der Waals surface area contributed by atoms with E-state index in [0.717, 1.165) is 31.7 Å². The zero-order valence-corrected chi connectivity index (χ0v) is 16.6. The Labute approximate surface area is 174 Å². The number of carbonyl (C=O) groups excluding carboxylic acids is 1. The summed E-state index contributed by atoms with van der Waals surface area (Å²) in [5.41, 5.74) is -0.171. The molecule has 3 rings (SSSR count). The third-order valence-electron chi connectivity index (χ3n) is 4.99. The van der Waals surface area contributed by atoms with Crippen molar-refractivity contribution in [2.75, 3.05) is 5.32 Å². The number of carbonyl (C=O) groups is 2. The molecule has 0 heterocycles. The van der Waals surface area contributed by atoms with Gasteiger partial charge in [0.2, 0.25) is 0 Å². The van der Waals surface area contributed by atoms with Crippen molar-refractivity contribution in [3.8, 4) is 0 Å². The van der Waals surface area contributed by atoms with Crippen LogP contribution in [0.15, 0.2) is 35.2 Å². The van der Waals surface area contributed by atoms with E-state index in [9.17, 15) is 27.2 Å². The van der Waals surface area contributed by atoms with Gasteiger partial charge in [-0.1, -0.05) is 0 Å². The first-order valence-corrected chi connectivity index (χ1v) is 10.2. The van der Waals surface area contributed by atoms with Gasteiger partial charge in [0.25, 0.3) is 5.91 Å². The highest BCUT2D eigenvalue weighted by Gasteiger charge is 2.25. The summed E-state index contributed by atoms with van der Waals surface area (Å²) < 4.78 is 53.9. The molecule has 30 heavy (non-hydrogen) atoms. The summed E-state index contributed by atoms with van der Waals surface area (Å²) in [5.74, 6) is -6.41. The lowest BCUT2D eigenvalue weighted by Gasteiger charge is -2.27. The van der Waals surface area contributed by atoms with Gasteiger partial charge in [-0.25, -0.2) is 17.6 Å². The van der Waals surface area contributed by atoms with E-state index in [1.165, 1.54) is 23.9 Å². The van der Waals surface area contributed by atoms with Crippen molar-refractivity contribution in [2.24, 2.45) is 5.92 Å². The molecule has 0 spiro atoms. The molecule has 0 unspecified atom stereocenters. The average Bonchev–Trinajstić information content (AvgIpc) is 2.68.